The predicted molar refractivity (Wildman–Crippen MR) is 99.5 cm³/mol. The summed E-state index contributed by atoms with van der Waals surface area (Å²) >= 11 is 5.35. The summed E-state index contributed by atoms with van der Waals surface area (Å²) in [4.78, 5) is 2.65. The van der Waals surface area contributed by atoms with Crippen LogP contribution in [0.5, 0.6) is 0 Å². The van der Waals surface area contributed by atoms with Crippen molar-refractivity contribution < 1.29 is 0 Å². The number of rotatable bonds is 6. The van der Waals surface area contributed by atoms with Gasteiger partial charge in [-0.25, -0.2) is 0 Å². The molecule has 0 saturated carbocycles. The molecule has 1 fully saturated rings. The van der Waals surface area contributed by atoms with Crippen molar-refractivity contribution in [3.8, 4) is 0 Å². The van der Waals surface area contributed by atoms with Gasteiger partial charge >= 0.3 is 0 Å². The molecule has 0 bridgehead atoms. The third-order valence-electron chi connectivity index (χ3n) is 4.44. The van der Waals surface area contributed by atoms with E-state index in [1.54, 1.807) is 0 Å². The highest BCUT2D eigenvalue weighted by Crippen LogP contribution is 2.19. The van der Waals surface area contributed by atoms with Crippen molar-refractivity contribution in [2.24, 2.45) is 0 Å². The van der Waals surface area contributed by atoms with E-state index in [0.717, 1.165) is 29.8 Å². The Morgan fingerprint density at radius 3 is 2.77 bits per heavy atom. The average molecular weight is 320 g/mol. The fraction of sp³-hybridized carbons (Fsp3) is 0.611. The number of likely N-dealkylation sites (tertiary alicyclic amines) is 1. The standard InChI is InChI=1S/C18H29N3S/c1-3-17-7-4-5-13-21(17)14-6-12-19-18(22)20-16-10-8-15(2)9-11-16/h8-11,17H,3-7,12-14H2,1-2H3,(H2,19,20,22)/t17-/m1/s1. The Morgan fingerprint density at radius 2 is 2.05 bits per heavy atom. The lowest BCUT2D eigenvalue weighted by atomic mass is 10.00. The van der Waals surface area contributed by atoms with E-state index in [0.29, 0.717) is 0 Å². The van der Waals surface area contributed by atoms with Crippen LogP contribution in [-0.4, -0.2) is 35.7 Å². The van der Waals surface area contributed by atoms with E-state index < -0.39 is 0 Å². The van der Waals surface area contributed by atoms with Crippen molar-refractivity contribution in [1.82, 2.24) is 10.2 Å². The molecule has 0 unspecified atom stereocenters. The van der Waals surface area contributed by atoms with Crippen LogP contribution in [0.4, 0.5) is 5.69 Å². The van der Waals surface area contributed by atoms with E-state index in [9.17, 15) is 0 Å². The van der Waals surface area contributed by atoms with Crippen LogP contribution >= 0.6 is 12.2 Å². The van der Waals surface area contributed by atoms with E-state index >= 15 is 0 Å². The largest absolute Gasteiger partial charge is 0.362 e. The average Bonchev–Trinajstić information content (AvgIpc) is 2.54. The first-order valence-corrected chi connectivity index (χ1v) is 8.95. The third kappa shape index (κ3) is 5.58. The van der Waals surface area contributed by atoms with Gasteiger partial charge in [0.05, 0.1) is 0 Å². The maximum absolute atomic E-state index is 5.35. The van der Waals surface area contributed by atoms with Gasteiger partial charge in [0.2, 0.25) is 0 Å². The van der Waals surface area contributed by atoms with Crippen molar-refractivity contribution in [2.75, 3.05) is 25.0 Å². The lowest BCUT2D eigenvalue weighted by Gasteiger charge is -2.35. The maximum atomic E-state index is 5.35. The first-order valence-electron chi connectivity index (χ1n) is 8.54. The molecule has 122 valence electrons. The fourth-order valence-electron chi connectivity index (χ4n) is 3.11. The summed E-state index contributed by atoms with van der Waals surface area (Å²) in [6, 6.07) is 9.09. The van der Waals surface area contributed by atoms with Crippen molar-refractivity contribution in [2.45, 2.75) is 52.0 Å². The number of nitrogens with zero attached hydrogens (tertiary/aromatic N) is 1. The molecule has 3 nitrogen and oxygen atoms in total. The highest BCUT2D eigenvalue weighted by atomic mass is 32.1. The zero-order chi connectivity index (χ0) is 15.8. The Bertz CT molecular complexity index is 458. The molecule has 1 atom stereocenters. The summed E-state index contributed by atoms with van der Waals surface area (Å²) in [5.41, 5.74) is 2.31. The number of piperidine rings is 1. The quantitative estimate of drug-likeness (QED) is 0.613. The number of benzene rings is 1. The highest BCUT2D eigenvalue weighted by Gasteiger charge is 2.19. The van der Waals surface area contributed by atoms with Gasteiger partial charge < -0.3 is 15.5 Å². The first kappa shape index (κ1) is 17.2. The minimum Gasteiger partial charge on any atom is -0.362 e. The molecule has 0 amide bonds. The van der Waals surface area contributed by atoms with Crippen LogP contribution in [0.2, 0.25) is 0 Å². The third-order valence-corrected chi connectivity index (χ3v) is 4.68. The van der Waals surface area contributed by atoms with Crippen LogP contribution < -0.4 is 10.6 Å². The van der Waals surface area contributed by atoms with Gasteiger partial charge in [0.25, 0.3) is 0 Å². The molecule has 0 aliphatic carbocycles. The van der Waals surface area contributed by atoms with E-state index in [-0.39, 0.29) is 0 Å². The molecule has 1 aliphatic rings. The normalized spacial score (nSPS) is 18.9. The van der Waals surface area contributed by atoms with Crippen LogP contribution in [0.3, 0.4) is 0 Å². The fourth-order valence-corrected chi connectivity index (χ4v) is 3.33. The van der Waals surface area contributed by atoms with Crippen LogP contribution in [0, 0.1) is 6.92 Å². The molecule has 4 heteroatoms. The lowest BCUT2D eigenvalue weighted by molar-refractivity contribution is 0.143. The summed E-state index contributed by atoms with van der Waals surface area (Å²) in [6.45, 7) is 7.78. The van der Waals surface area contributed by atoms with Gasteiger partial charge in [-0.05, 0) is 63.5 Å². The molecule has 1 heterocycles. The smallest absolute Gasteiger partial charge is 0.170 e. The molecular formula is C18H29N3S. The first-order chi connectivity index (χ1) is 10.7. The number of aryl methyl sites for hydroxylation is 1. The van der Waals surface area contributed by atoms with Crippen molar-refractivity contribution >= 4 is 23.0 Å². The van der Waals surface area contributed by atoms with Gasteiger partial charge in [-0.1, -0.05) is 31.0 Å². The molecule has 2 rings (SSSR count). The number of nitrogens with one attached hydrogen (secondary N) is 2. The minimum atomic E-state index is 0.717. The summed E-state index contributed by atoms with van der Waals surface area (Å²) < 4.78 is 0. The summed E-state index contributed by atoms with van der Waals surface area (Å²) in [6.07, 6.45) is 6.56. The Labute approximate surface area is 140 Å². The second-order valence-electron chi connectivity index (χ2n) is 6.19. The minimum absolute atomic E-state index is 0.717. The second-order valence-corrected chi connectivity index (χ2v) is 6.60. The van der Waals surface area contributed by atoms with E-state index in [1.165, 1.54) is 44.3 Å². The monoisotopic (exact) mass is 319 g/mol. The molecule has 0 aromatic heterocycles. The van der Waals surface area contributed by atoms with Gasteiger partial charge in [-0.2, -0.15) is 0 Å². The molecule has 0 spiro atoms. The van der Waals surface area contributed by atoms with E-state index in [2.05, 4.69) is 53.6 Å². The van der Waals surface area contributed by atoms with Gasteiger partial charge in [-0.15, -0.1) is 0 Å². The number of hydrogen-bond donors (Lipinski definition) is 2. The Kier molecular flexibility index (Phi) is 7.13. The Balaban J connectivity index is 1.63. The van der Waals surface area contributed by atoms with Crippen molar-refractivity contribution in [3.05, 3.63) is 29.8 Å². The number of hydrogen-bond acceptors (Lipinski definition) is 2. The molecule has 1 aromatic rings. The van der Waals surface area contributed by atoms with Gasteiger partial charge in [0, 0.05) is 24.8 Å². The number of anilines is 1. The Hall–Kier alpha value is -1.13. The van der Waals surface area contributed by atoms with Crippen LogP contribution in [0.25, 0.3) is 0 Å². The summed E-state index contributed by atoms with van der Waals surface area (Å²) in [7, 11) is 0. The second kappa shape index (κ2) is 9.11. The molecule has 1 aromatic carbocycles. The SMILES string of the molecule is CC[C@@H]1CCCCN1CCCNC(=S)Nc1ccc(C)cc1. The molecular weight excluding hydrogens is 290 g/mol. The lowest BCUT2D eigenvalue weighted by Crippen LogP contribution is -2.40. The van der Waals surface area contributed by atoms with Gasteiger partial charge in [0.1, 0.15) is 0 Å². The molecule has 1 aliphatic heterocycles. The number of thiocarbonyl (C=S) groups is 1. The van der Waals surface area contributed by atoms with E-state index in [1.807, 2.05) is 0 Å². The predicted octanol–water partition coefficient (Wildman–Crippen LogP) is 3.94. The topological polar surface area (TPSA) is 27.3 Å². The van der Waals surface area contributed by atoms with Crippen LogP contribution in [-0.2, 0) is 0 Å². The molecule has 1 saturated heterocycles. The molecule has 22 heavy (non-hydrogen) atoms. The molecule has 2 N–H and O–H groups in total. The van der Waals surface area contributed by atoms with Crippen molar-refractivity contribution in [3.63, 3.8) is 0 Å². The van der Waals surface area contributed by atoms with Crippen LogP contribution in [0.15, 0.2) is 24.3 Å². The zero-order valence-corrected chi connectivity index (χ0v) is 14.7. The summed E-state index contributed by atoms with van der Waals surface area (Å²) in [5.74, 6) is 0. The van der Waals surface area contributed by atoms with E-state index in [4.69, 9.17) is 12.2 Å². The van der Waals surface area contributed by atoms with Gasteiger partial charge in [0.15, 0.2) is 5.11 Å². The zero-order valence-electron chi connectivity index (χ0n) is 13.9. The van der Waals surface area contributed by atoms with Crippen molar-refractivity contribution in [1.29, 1.82) is 0 Å². The maximum Gasteiger partial charge on any atom is 0.170 e. The summed E-state index contributed by atoms with van der Waals surface area (Å²) in [5, 5.41) is 7.26. The van der Waals surface area contributed by atoms with Gasteiger partial charge in [-0.3, -0.25) is 0 Å². The molecule has 0 radical (unpaired) electrons. The van der Waals surface area contributed by atoms with Crippen LogP contribution in [0.1, 0.15) is 44.6 Å². The Morgan fingerprint density at radius 1 is 1.27 bits per heavy atom. The highest BCUT2D eigenvalue weighted by molar-refractivity contribution is 7.80.